The summed E-state index contributed by atoms with van der Waals surface area (Å²) in [6, 6.07) is 0. The maximum atomic E-state index is 2.43. The van der Waals surface area contributed by atoms with E-state index in [1.54, 1.807) is 0 Å². The first-order valence-electron chi connectivity index (χ1n) is 4.95. The Morgan fingerprint density at radius 2 is 1.75 bits per heavy atom. The number of rotatable bonds is 1. The maximum absolute atomic E-state index is 2.43. The van der Waals surface area contributed by atoms with Crippen molar-refractivity contribution in [2.45, 2.75) is 54.9 Å². The maximum Gasteiger partial charge on any atom is -0.0326 e. The molecule has 0 spiro atoms. The topological polar surface area (TPSA) is 0 Å². The van der Waals surface area contributed by atoms with Gasteiger partial charge in [0.25, 0.3) is 0 Å². The summed E-state index contributed by atoms with van der Waals surface area (Å²) in [6.07, 6.45) is 2.88. The first kappa shape index (κ1) is 12.0. The first-order valence-corrected chi connectivity index (χ1v) is 4.95. The molecule has 0 bridgehead atoms. The predicted octanol–water partition coefficient (Wildman–Crippen LogP) is 4.35. The summed E-state index contributed by atoms with van der Waals surface area (Å²) >= 11 is 0. The lowest BCUT2D eigenvalue weighted by atomic mass is 9.77. The third-order valence-electron chi connectivity index (χ3n) is 3.85. The van der Waals surface area contributed by atoms with Crippen LogP contribution in [0.1, 0.15) is 54.9 Å². The van der Waals surface area contributed by atoms with Crippen molar-refractivity contribution in [3.63, 3.8) is 0 Å². The van der Waals surface area contributed by atoms with Gasteiger partial charge < -0.3 is 0 Å². The fourth-order valence-electron chi connectivity index (χ4n) is 2.51. The van der Waals surface area contributed by atoms with Gasteiger partial charge in [0, 0.05) is 0 Å². The van der Waals surface area contributed by atoms with Gasteiger partial charge in [0.2, 0.25) is 0 Å². The van der Waals surface area contributed by atoms with E-state index in [9.17, 15) is 0 Å². The van der Waals surface area contributed by atoms with Crippen LogP contribution in [0.15, 0.2) is 0 Å². The van der Waals surface area contributed by atoms with E-state index < -0.39 is 0 Å². The lowest BCUT2D eigenvalue weighted by Gasteiger charge is -2.28. The van der Waals surface area contributed by atoms with Crippen molar-refractivity contribution in [2.24, 2.45) is 23.2 Å². The van der Waals surface area contributed by atoms with Crippen molar-refractivity contribution in [3.8, 4) is 0 Å². The molecule has 2 unspecified atom stereocenters. The summed E-state index contributed by atoms with van der Waals surface area (Å²) in [4.78, 5) is 0. The number of hydrogen-bond donors (Lipinski definition) is 0. The monoisotopic (exact) mass is 170 g/mol. The highest BCUT2D eigenvalue weighted by Gasteiger charge is 2.39. The molecule has 0 saturated heterocycles. The standard InChI is InChI=1S/C11H22.CH4/c1-8(2)10-6-7-11(4,5)9(10)3;/h8-10H,6-7H2,1-5H3;1H4. The SMILES string of the molecule is C.CC(C)C1CCC(C)(C)C1C. The molecule has 1 saturated carbocycles. The highest BCUT2D eigenvalue weighted by atomic mass is 14.4. The predicted molar refractivity (Wildman–Crippen MR) is 57.2 cm³/mol. The quantitative estimate of drug-likeness (QED) is 0.549. The molecule has 0 amide bonds. The molecule has 0 aromatic rings. The minimum atomic E-state index is 0. The highest BCUT2D eigenvalue weighted by molar-refractivity contribution is 4.89. The summed E-state index contributed by atoms with van der Waals surface area (Å²) in [6.45, 7) is 12.0. The van der Waals surface area contributed by atoms with Crippen LogP contribution >= 0.6 is 0 Å². The molecule has 0 aromatic carbocycles. The second-order valence-corrected chi connectivity index (χ2v) is 5.22. The molecule has 12 heavy (non-hydrogen) atoms. The Labute approximate surface area is 78.8 Å². The molecule has 1 aliphatic rings. The lowest BCUT2D eigenvalue weighted by molar-refractivity contribution is 0.206. The van der Waals surface area contributed by atoms with Crippen LogP contribution in [0.5, 0.6) is 0 Å². The van der Waals surface area contributed by atoms with Crippen LogP contribution in [-0.2, 0) is 0 Å². The van der Waals surface area contributed by atoms with E-state index in [4.69, 9.17) is 0 Å². The fraction of sp³-hybridized carbons (Fsp3) is 1.00. The highest BCUT2D eigenvalue weighted by Crippen LogP contribution is 2.48. The van der Waals surface area contributed by atoms with Crippen molar-refractivity contribution in [3.05, 3.63) is 0 Å². The Bertz CT molecular complexity index is 133. The van der Waals surface area contributed by atoms with E-state index in [2.05, 4.69) is 34.6 Å². The van der Waals surface area contributed by atoms with Gasteiger partial charge in [0.15, 0.2) is 0 Å². The minimum absolute atomic E-state index is 0. The molecular formula is C12H26. The van der Waals surface area contributed by atoms with Gasteiger partial charge in [-0.25, -0.2) is 0 Å². The second kappa shape index (κ2) is 3.81. The van der Waals surface area contributed by atoms with E-state index in [0.29, 0.717) is 5.41 Å². The van der Waals surface area contributed by atoms with Crippen LogP contribution in [0.25, 0.3) is 0 Å². The van der Waals surface area contributed by atoms with Crippen LogP contribution in [0.3, 0.4) is 0 Å². The summed E-state index contributed by atoms with van der Waals surface area (Å²) in [5.74, 6) is 2.78. The fourth-order valence-corrected chi connectivity index (χ4v) is 2.51. The molecule has 0 radical (unpaired) electrons. The van der Waals surface area contributed by atoms with Crippen molar-refractivity contribution >= 4 is 0 Å². The molecule has 1 fully saturated rings. The molecule has 0 aliphatic heterocycles. The van der Waals surface area contributed by atoms with E-state index in [-0.39, 0.29) is 7.43 Å². The molecule has 74 valence electrons. The zero-order valence-electron chi connectivity index (χ0n) is 8.65. The van der Waals surface area contributed by atoms with Crippen molar-refractivity contribution in [1.29, 1.82) is 0 Å². The number of hydrogen-bond acceptors (Lipinski definition) is 0. The Morgan fingerprint density at radius 3 is 1.92 bits per heavy atom. The summed E-state index contributed by atoms with van der Waals surface area (Å²) in [7, 11) is 0. The van der Waals surface area contributed by atoms with Crippen molar-refractivity contribution in [1.82, 2.24) is 0 Å². The zero-order chi connectivity index (χ0) is 8.65. The summed E-state index contributed by atoms with van der Waals surface area (Å²) in [5, 5.41) is 0. The summed E-state index contributed by atoms with van der Waals surface area (Å²) in [5.41, 5.74) is 0.606. The molecule has 0 aromatic heterocycles. The normalized spacial score (nSPS) is 33.5. The average molecular weight is 170 g/mol. The van der Waals surface area contributed by atoms with Gasteiger partial charge in [-0.1, -0.05) is 42.0 Å². The molecule has 1 rings (SSSR count). The first-order chi connectivity index (χ1) is 4.95. The van der Waals surface area contributed by atoms with E-state index >= 15 is 0 Å². The Hall–Kier alpha value is 0. The minimum Gasteiger partial charge on any atom is -0.0776 e. The van der Waals surface area contributed by atoms with Crippen LogP contribution in [-0.4, -0.2) is 0 Å². The van der Waals surface area contributed by atoms with Gasteiger partial charge >= 0.3 is 0 Å². The second-order valence-electron chi connectivity index (χ2n) is 5.22. The lowest BCUT2D eigenvalue weighted by Crippen LogP contribution is -2.21. The molecule has 2 atom stereocenters. The van der Waals surface area contributed by atoms with Crippen molar-refractivity contribution in [2.75, 3.05) is 0 Å². The third kappa shape index (κ3) is 2.02. The van der Waals surface area contributed by atoms with Gasteiger partial charge in [0.05, 0.1) is 0 Å². The summed E-state index contributed by atoms with van der Waals surface area (Å²) < 4.78 is 0. The van der Waals surface area contributed by atoms with Crippen LogP contribution in [0.2, 0.25) is 0 Å². The van der Waals surface area contributed by atoms with Gasteiger partial charge in [0.1, 0.15) is 0 Å². The molecular weight excluding hydrogens is 144 g/mol. The van der Waals surface area contributed by atoms with Gasteiger partial charge in [-0.15, -0.1) is 0 Å². The molecule has 0 nitrogen and oxygen atoms in total. The third-order valence-corrected chi connectivity index (χ3v) is 3.85. The van der Waals surface area contributed by atoms with Gasteiger partial charge in [-0.2, -0.15) is 0 Å². The Kier molecular flexibility index (Phi) is 3.81. The van der Waals surface area contributed by atoms with Gasteiger partial charge in [-0.3, -0.25) is 0 Å². The van der Waals surface area contributed by atoms with E-state index in [0.717, 1.165) is 17.8 Å². The average Bonchev–Trinajstić information content (AvgIpc) is 2.09. The largest absolute Gasteiger partial charge is 0.0776 e. The smallest absolute Gasteiger partial charge is 0.0326 e. The molecule has 0 N–H and O–H groups in total. The van der Waals surface area contributed by atoms with Crippen LogP contribution in [0, 0.1) is 23.2 Å². The van der Waals surface area contributed by atoms with Crippen LogP contribution in [0.4, 0.5) is 0 Å². The van der Waals surface area contributed by atoms with Crippen molar-refractivity contribution < 1.29 is 0 Å². The van der Waals surface area contributed by atoms with Crippen LogP contribution < -0.4 is 0 Å². The Balaban J connectivity index is 0.00000121. The van der Waals surface area contributed by atoms with E-state index in [1.165, 1.54) is 12.8 Å². The Morgan fingerprint density at radius 1 is 1.25 bits per heavy atom. The zero-order valence-corrected chi connectivity index (χ0v) is 8.65. The van der Waals surface area contributed by atoms with E-state index in [1.807, 2.05) is 0 Å². The molecule has 1 aliphatic carbocycles. The molecule has 0 heterocycles. The molecule has 0 heteroatoms. The van der Waals surface area contributed by atoms with Gasteiger partial charge in [-0.05, 0) is 36.0 Å².